The maximum atomic E-state index is 7.05. The fraction of sp³-hybridized carbons (Fsp3) is 0.381. The van der Waals surface area contributed by atoms with E-state index in [-0.39, 0.29) is 0 Å². The first-order valence-corrected chi connectivity index (χ1v) is 9.57. The Morgan fingerprint density at radius 3 is 2.48 bits per heavy atom. The Bertz CT molecular complexity index is 1070. The first kappa shape index (κ1) is 19.4. The van der Waals surface area contributed by atoms with Crippen LogP contribution in [0.25, 0.3) is 10.4 Å². The van der Waals surface area contributed by atoms with Gasteiger partial charge in [-0.1, -0.05) is 6.07 Å². The Hall–Kier alpha value is -2.89. The van der Waals surface area contributed by atoms with Crippen LogP contribution in [0.2, 0.25) is 0 Å². The molecule has 0 amide bonds. The number of hydrogen-bond donors (Lipinski definition) is 0. The summed E-state index contributed by atoms with van der Waals surface area (Å²) in [4.78, 5) is 9.80. The van der Waals surface area contributed by atoms with Gasteiger partial charge in [0.2, 0.25) is 5.69 Å². The van der Waals surface area contributed by atoms with Crippen molar-refractivity contribution in [2.45, 2.75) is 45.4 Å². The molecular weight excluding hydrogens is 365 g/mol. The van der Waals surface area contributed by atoms with Crippen LogP contribution in [0, 0.1) is 6.57 Å². The van der Waals surface area contributed by atoms with E-state index in [2.05, 4.69) is 21.0 Å². The number of rotatable bonds is 4. The Morgan fingerprint density at radius 1 is 1.14 bits per heavy atom. The molecule has 1 saturated heterocycles. The maximum absolute atomic E-state index is 7.05. The Morgan fingerprint density at radius 2 is 1.86 bits per heavy atom. The highest BCUT2D eigenvalue weighted by Gasteiger charge is 2.52. The highest BCUT2D eigenvalue weighted by Crippen LogP contribution is 2.36. The van der Waals surface area contributed by atoms with E-state index in [1.54, 1.807) is 12.3 Å². The van der Waals surface area contributed by atoms with Crippen LogP contribution in [0.4, 0.5) is 11.5 Å². The second-order valence-corrected chi connectivity index (χ2v) is 8.40. The van der Waals surface area contributed by atoms with Gasteiger partial charge in [0.25, 0.3) is 0 Å². The minimum absolute atomic E-state index is 0.396. The maximum Gasteiger partial charge on any atom is 0.498 e. The van der Waals surface area contributed by atoms with Gasteiger partial charge in [-0.25, -0.2) is 9.36 Å². The predicted octanol–water partition coefficient (Wildman–Crippen LogP) is 3.22. The second-order valence-electron chi connectivity index (χ2n) is 8.40. The number of anilines is 1. The summed E-state index contributed by atoms with van der Waals surface area (Å²) in [5.74, 6) is 0.817. The summed E-state index contributed by atoms with van der Waals surface area (Å²) < 4.78 is 14.3. The van der Waals surface area contributed by atoms with Gasteiger partial charge in [0.15, 0.2) is 0 Å². The van der Waals surface area contributed by atoms with Crippen LogP contribution in [0.1, 0.15) is 33.3 Å². The van der Waals surface area contributed by atoms with Gasteiger partial charge < -0.3 is 14.2 Å². The molecule has 1 fully saturated rings. The van der Waals surface area contributed by atoms with Crippen molar-refractivity contribution in [2.75, 3.05) is 11.9 Å². The molecule has 3 aromatic rings. The van der Waals surface area contributed by atoms with Crippen LogP contribution in [0.3, 0.4) is 0 Å². The summed E-state index contributed by atoms with van der Waals surface area (Å²) in [5.41, 5.74) is 2.75. The quantitative estimate of drug-likeness (QED) is 0.507. The molecule has 0 saturated carbocycles. The van der Waals surface area contributed by atoms with Crippen molar-refractivity contribution in [2.24, 2.45) is 0 Å². The van der Waals surface area contributed by atoms with E-state index in [1.807, 2.05) is 68.7 Å². The van der Waals surface area contributed by atoms with Crippen LogP contribution in [-0.2, 0) is 15.9 Å². The van der Waals surface area contributed by atoms with Gasteiger partial charge in [-0.05, 0) is 51.5 Å². The summed E-state index contributed by atoms with van der Waals surface area (Å²) in [6.07, 6.45) is 5.35. The van der Waals surface area contributed by atoms with Crippen molar-refractivity contribution in [3.8, 4) is 0 Å². The first-order chi connectivity index (χ1) is 13.7. The number of fused-ring (bicyclic) bond motifs is 1. The van der Waals surface area contributed by atoms with Gasteiger partial charge in [0.05, 0.1) is 23.3 Å². The molecule has 4 heterocycles. The zero-order chi connectivity index (χ0) is 20.8. The summed E-state index contributed by atoms with van der Waals surface area (Å²) in [5, 5.41) is 4.46. The molecule has 1 aliphatic rings. The minimum atomic E-state index is -0.451. The molecule has 3 aromatic heterocycles. The molecule has 148 valence electrons. The third kappa shape index (κ3) is 3.48. The average Bonchev–Trinajstić information content (AvgIpc) is 3.19. The zero-order valence-corrected chi connectivity index (χ0v) is 17.4. The van der Waals surface area contributed by atoms with E-state index in [9.17, 15) is 0 Å². The lowest BCUT2D eigenvalue weighted by Crippen LogP contribution is -2.41. The Kier molecular flexibility index (Phi) is 4.60. The number of pyridine rings is 2. The zero-order valence-electron chi connectivity index (χ0n) is 17.4. The van der Waals surface area contributed by atoms with Crippen LogP contribution < -0.4 is 10.4 Å². The van der Waals surface area contributed by atoms with E-state index < -0.39 is 18.3 Å². The summed E-state index contributed by atoms with van der Waals surface area (Å²) in [6, 6.07) is 7.79. The number of hydrogen-bond acceptors (Lipinski definition) is 5. The molecule has 0 radical (unpaired) electrons. The molecule has 0 spiro atoms. The van der Waals surface area contributed by atoms with Gasteiger partial charge in [-0.15, -0.1) is 0 Å². The van der Waals surface area contributed by atoms with Crippen LogP contribution in [-0.4, -0.2) is 40.0 Å². The summed E-state index contributed by atoms with van der Waals surface area (Å²) >= 11 is 0. The molecule has 29 heavy (non-hydrogen) atoms. The third-order valence-corrected chi connectivity index (χ3v) is 5.80. The molecule has 1 aliphatic heterocycles. The molecule has 4 rings (SSSR count). The fourth-order valence-electron chi connectivity index (χ4n) is 3.32. The van der Waals surface area contributed by atoms with Crippen LogP contribution in [0.5, 0.6) is 0 Å². The Labute approximate surface area is 171 Å². The van der Waals surface area contributed by atoms with Crippen LogP contribution in [0.15, 0.2) is 42.9 Å². The Balaban J connectivity index is 1.59. The third-order valence-electron chi connectivity index (χ3n) is 5.80. The molecule has 0 bridgehead atoms. The minimum Gasteiger partial charge on any atom is -0.399 e. The van der Waals surface area contributed by atoms with Crippen molar-refractivity contribution < 1.29 is 9.31 Å². The predicted molar refractivity (Wildman–Crippen MR) is 114 cm³/mol. The monoisotopic (exact) mass is 389 g/mol. The lowest BCUT2D eigenvalue weighted by Gasteiger charge is -2.32. The largest absolute Gasteiger partial charge is 0.498 e. The summed E-state index contributed by atoms with van der Waals surface area (Å²) in [7, 11) is 1.53. The first-order valence-electron chi connectivity index (χ1n) is 9.57. The SMILES string of the molecule is [C-]#[N+]c1ccc(N(C)Cc2ccn3ncc(B4OC(C)(C)C(C)(C)O4)c3c2)nc1. The van der Waals surface area contributed by atoms with Gasteiger partial charge in [0, 0.05) is 37.6 Å². The molecule has 8 heteroatoms. The molecule has 0 N–H and O–H groups in total. The normalized spacial score (nSPS) is 17.4. The van der Waals surface area contributed by atoms with Gasteiger partial charge in [-0.2, -0.15) is 5.10 Å². The number of aromatic nitrogens is 3. The van der Waals surface area contributed by atoms with E-state index in [4.69, 9.17) is 15.9 Å². The lowest BCUT2D eigenvalue weighted by molar-refractivity contribution is 0.00578. The van der Waals surface area contributed by atoms with Gasteiger partial charge in [-0.3, -0.25) is 4.98 Å². The molecule has 0 atom stereocenters. The second kappa shape index (κ2) is 6.87. The fourth-order valence-corrected chi connectivity index (χ4v) is 3.32. The van der Waals surface area contributed by atoms with Crippen molar-refractivity contribution >= 4 is 29.6 Å². The summed E-state index contributed by atoms with van der Waals surface area (Å²) in [6.45, 7) is 15.9. The van der Waals surface area contributed by atoms with E-state index in [1.165, 1.54) is 0 Å². The van der Waals surface area contributed by atoms with E-state index in [0.29, 0.717) is 12.2 Å². The van der Waals surface area contributed by atoms with Gasteiger partial charge >= 0.3 is 7.12 Å². The molecule has 0 aromatic carbocycles. The molecule has 0 aliphatic carbocycles. The molecular formula is C21H24BN5O2. The average molecular weight is 389 g/mol. The van der Waals surface area contributed by atoms with E-state index in [0.717, 1.165) is 22.4 Å². The van der Waals surface area contributed by atoms with Crippen molar-refractivity contribution in [3.63, 3.8) is 0 Å². The smallest absolute Gasteiger partial charge is 0.399 e. The van der Waals surface area contributed by atoms with Crippen LogP contribution >= 0.6 is 0 Å². The molecule has 7 nitrogen and oxygen atoms in total. The van der Waals surface area contributed by atoms with Gasteiger partial charge in [0.1, 0.15) is 5.82 Å². The number of nitrogens with zero attached hydrogens (tertiary/aromatic N) is 5. The van der Waals surface area contributed by atoms with Crippen molar-refractivity contribution in [1.29, 1.82) is 0 Å². The highest BCUT2D eigenvalue weighted by molar-refractivity contribution is 6.64. The standard InChI is InChI=1S/C21H24BN5O2/c1-20(2)21(3,4)29-22(28-20)17-13-25-27-10-9-15(11-18(17)27)14-26(6)19-8-7-16(23-5)12-24-19/h7-13H,14H2,1-4,6H3. The lowest BCUT2D eigenvalue weighted by atomic mass is 9.80. The van der Waals surface area contributed by atoms with Crippen molar-refractivity contribution in [3.05, 3.63) is 59.8 Å². The molecule has 0 unspecified atom stereocenters. The highest BCUT2D eigenvalue weighted by atomic mass is 16.7. The topological polar surface area (TPSA) is 56.2 Å². The van der Waals surface area contributed by atoms with E-state index >= 15 is 0 Å². The van der Waals surface area contributed by atoms with Crippen molar-refractivity contribution in [1.82, 2.24) is 14.6 Å².